The summed E-state index contributed by atoms with van der Waals surface area (Å²) in [6.07, 6.45) is 1.16. The number of hydrogen-bond donors (Lipinski definition) is 1. The fourth-order valence-corrected chi connectivity index (χ4v) is 2.61. The number of amides is 1. The molecular formula is C15H13Cl2NO3S. The third-order valence-electron chi connectivity index (χ3n) is 2.94. The smallest absolute Gasteiger partial charge is 0.257 e. The van der Waals surface area contributed by atoms with E-state index in [2.05, 4.69) is 5.32 Å². The summed E-state index contributed by atoms with van der Waals surface area (Å²) in [4.78, 5) is 10.6. The zero-order chi connectivity index (χ0) is 16.3. The minimum Gasteiger partial charge on any atom is -0.324 e. The molecule has 4 nitrogen and oxygen atoms in total. The van der Waals surface area contributed by atoms with Gasteiger partial charge < -0.3 is 5.32 Å². The van der Waals surface area contributed by atoms with Gasteiger partial charge in [-0.3, -0.25) is 4.79 Å². The first-order valence-electron chi connectivity index (χ1n) is 6.27. The molecule has 0 bridgehead atoms. The second-order valence-electron chi connectivity index (χ2n) is 4.67. The van der Waals surface area contributed by atoms with Gasteiger partial charge in [0.25, 0.3) is 5.91 Å². The minimum absolute atomic E-state index is 0.257. The van der Waals surface area contributed by atoms with Crippen LogP contribution in [0.4, 0.5) is 5.69 Å². The van der Waals surface area contributed by atoms with Gasteiger partial charge in [0, 0.05) is 11.9 Å². The molecule has 1 N–H and O–H groups in total. The Morgan fingerprint density at radius 3 is 2.23 bits per heavy atom. The average Bonchev–Trinajstić information content (AvgIpc) is 2.46. The molecule has 0 aromatic heterocycles. The number of sulfone groups is 1. The van der Waals surface area contributed by atoms with Crippen molar-refractivity contribution < 1.29 is 13.2 Å². The van der Waals surface area contributed by atoms with Crippen LogP contribution < -0.4 is 5.32 Å². The maximum absolute atomic E-state index is 11.5. The van der Waals surface area contributed by atoms with E-state index in [1.165, 1.54) is 0 Å². The van der Waals surface area contributed by atoms with E-state index in [1.54, 1.807) is 42.5 Å². The molecule has 0 spiro atoms. The van der Waals surface area contributed by atoms with E-state index >= 15 is 0 Å². The van der Waals surface area contributed by atoms with Crippen LogP contribution in [0.1, 0.15) is 0 Å². The summed E-state index contributed by atoms with van der Waals surface area (Å²) in [6, 6.07) is 13.6. The van der Waals surface area contributed by atoms with Crippen LogP contribution in [0.15, 0.2) is 53.4 Å². The number of hydrogen-bond acceptors (Lipinski definition) is 3. The number of halogens is 2. The first-order chi connectivity index (χ1) is 10.3. The lowest BCUT2D eigenvalue weighted by Gasteiger charge is -2.08. The van der Waals surface area contributed by atoms with E-state index in [-0.39, 0.29) is 4.90 Å². The number of carbonyl (C=O) groups is 1. The van der Waals surface area contributed by atoms with Gasteiger partial charge >= 0.3 is 0 Å². The molecule has 0 atom stereocenters. The largest absolute Gasteiger partial charge is 0.324 e. The number of benzene rings is 2. The molecule has 0 unspecified atom stereocenters. The topological polar surface area (TPSA) is 63.2 Å². The Labute approximate surface area is 139 Å². The monoisotopic (exact) mass is 357 g/mol. The third-order valence-corrected chi connectivity index (χ3v) is 4.47. The number of anilines is 1. The van der Waals surface area contributed by atoms with Crippen molar-refractivity contribution in [2.75, 3.05) is 11.6 Å². The van der Waals surface area contributed by atoms with Crippen molar-refractivity contribution in [3.05, 3.63) is 48.5 Å². The first kappa shape index (κ1) is 16.8. The van der Waals surface area contributed by atoms with Gasteiger partial charge in [0.1, 0.15) is 0 Å². The van der Waals surface area contributed by atoms with Crippen LogP contribution in [0, 0.1) is 0 Å². The second kappa shape index (κ2) is 6.69. The molecule has 0 aliphatic carbocycles. The van der Waals surface area contributed by atoms with Crippen LogP contribution in [0.2, 0.25) is 0 Å². The second-order valence-corrected chi connectivity index (χ2v) is 7.78. The number of carbonyl (C=O) groups excluding carboxylic acids is 1. The standard InChI is InChI=1S/C15H13Cl2NO3S/c1-22(20,21)13-7-5-10(6-8-13)11-3-2-4-12(9-11)18-15(19)14(16)17/h2-9,14H,1H3,(H,18,19). The molecule has 22 heavy (non-hydrogen) atoms. The lowest BCUT2D eigenvalue weighted by atomic mass is 10.1. The predicted octanol–water partition coefficient (Wildman–Crippen LogP) is 3.50. The molecule has 0 radical (unpaired) electrons. The Balaban J connectivity index is 2.28. The molecule has 0 fully saturated rings. The van der Waals surface area contributed by atoms with E-state index < -0.39 is 20.6 Å². The van der Waals surface area contributed by atoms with Crippen LogP contribution in [0.3, 0.4) is 0 Å². The zero-order valence-corrected chi connectivity index (χ0v) is 13.9. The maximum Gasteiger partial charge on any atom is 0.257 e. The Morgan fingerprint density at radius 2 is 1.68 bits per heavy atom. The van der Waals surface area contributed by atoms with Crippen LogP contribution in [-0.2, 0) is 14.6 Å². The van der Waals surface area contributed by atoms with Gasteiger partial charge in [-0.1, -0.05) is 47.5 Å². The van der Waals surface area contributed by atoms with Gasteiger partial charge in [-0.2, -0.15) is 0 Å². The van der Waals surface area contributed by atoms with Gasteiger partial charge in [0.2, 0.25) is 0 Å². The van der Waals surface area contributed by atoms with Crippen molar-refractivity contribution in [2.24, 2.45) is 0 Å². The highest BCUT2D eigenvalue weighted by Gasteiger charge is 2.12. The quantitative estimate of drug-likeness (QED) is 0.851. The van der Waals surface area contributed by atoms with Gasteiger partial charge in [-0.05, 0) is 35.4 Å². The Bertz CT molecular complexity index is 787. The molecule has 116 valence electrons. The summed E-state index contributed by atoms with van der Waals surface area (Å²) in [5.41, 5.74) is 2.22. The van der Waals surface area contributed by atoms with Crippen LogP contribution >= 0.6 is 23.2 Å². The highest BCUT2D eigenvalue weighted by atomic mass is 35.5. The van der Waals surface area contributed by atoms with Crippen LogP contribution in [0.5, 0.6) is 0 Å². The zero-order valence-electron chi connectivity index (χ0n) is 11.6. The van der Waals surface area contributed by atoms with Gasteiger partial charge in [0.15, 0.2) is 14.7 Å². The highest BCUT2D eigenvalue weighted by molar-refractivity contribution is 7.90. The van der Waals surface area contributed by atoms with Crippen molar-refractivity contribution in [2.45, 2.75) is 9.73 Å². The number of rotatable bonds is 4. The summed E-state index contributed by atoms with van der Waals surface area (Å²) >= 11 is 11.0. The van der Waals surface area contributed by atoms with E-state index in [4.69, 9.17) is 23.2 Å². The molecule has 0 heterocycles. The molecule has 2 aromatic rings. The molecule has 0 saturated heterocycles. The molecule has 2 aromatic carbocycles. The van der Waals surface area contributed by atoms with Crippen molar-refractivity contribution in [1.82, 2.24) is 0 Å². The van der Waals surface area contributed by atoms with E-state index in [0.29, 0.717) is 5.69 Å². The predicted molar refractivity (Wildman–Crippen MR) is 89.1 cm³/mol. The number of alkyl halides is 2. The molecule has 0 aliphatic heterocycles. The Kier molecular flexibility index (Phi) is 5.11. The maximum atomic E-state index is 11.5. The molecule has 0 aliphatic rings. The fourth-order valence-electron chi connectivity index (χ4n) is 1.87. The highest BCUT2D eigenvalue weighted by Crippen LogP contribution is 2.24. The first-order valence-corrected chi connectivity index (χ1v) is 9.03. The summed E-state index contributed by atoms with van der Waals surface area (Å²) in [6.45, 7) is 0. The van der Waals surface area contributed by atoms with Gasteiger partial charge in [-0.15, -0.1) is 0 Å². The third kappa shape index (κ3) is 4.22. The SMILES string of the molecule is CS(=O)(=O)c1ccc(-c2cccc(NC(=O)C(Cl)Cl)c2)cc1. The van der Waals surface area contributed by atoms with E-state index in [9.17, 15) is 13.2 Å². The molecule has 7 heteroatoms. The van der Waals surface area contributed by atoms with Gasteiger partial charge in [-0.25, -0.2) is 8.42 Å². The number of nitrogens with one attached hydrogen (secondary N) is 1. The minimum atomic E-state index is -3.22. The summed E-state index contributed by atoms with van der Waals surface area (Å²) < 4.78 is 22.9. The van der Waals surface area contributed by atoms with Gasteiger partial charge in [0.05, 0.1) is 4.90 Å². The summed E-state index contributed by atoms with van der Waals surface area (Å²) in [5, 5.41) is 2.59. The summed E-state index contributed by atoms with van der Waals surface area (Å²) in [5.74, 6) is -0.507. The van der Waals surface area contributed by atoms with Crippen molar-refractivity contribution in [1.29, 1.82) is 0 Å². The van der Waals surface area contributed by atoms with Crippen LogP contribution in [0.25, 0.3) is 11.1 Å². The Morgan fingerprint density at radius 1 is 1.05 bits per heavy atom. The molecule has 1 amide bonds. The summed E-state index contributed by atoms with van der Waals surface area (Å²) in [7, 11) is -3.22. The Hall–Kier alpha value is -1.56. The molecule has 0 saturated carbocycles. The lowest BCUT2D eigenvalue weighted by Crippen LogP contribution is -2.18. The lowest BCUT2D eigenvalue weighted by molar-refractivity contribution is -0.114. The fraction of sp³-hybridized carbons (Fsp3) is 0.133. The van der Waals surface area contributed by atoms with E-state index in [0.717, 1.165) is 17.4 Å². The molecular weight excluding hydrogens is 345 g/mol. The van der Waals surface area contributed by atoms with Crippen LogP contribution in [-0.4, -0.2) is 25.4 Å². The normalized spacial score (nSPS) is 11.5. The molecule has 2 rings (SSSR count). The van der Waals surface area contributed by atoms with Crippen molar-refractivity contribution in [3.63, 3.8) is 0 Å². The van der Waals surface area contributed by atoms with Crippen molar-refractivity contribution in [3.8, 4) is 11.1 Å². The van der Waals surface area contributed by atoms with Crippen molar-refractivity contribution >= 4 is 44.6 Å². The van der Waals surface area contributed by atoms with E-state index in [1.807, 2.05) is 6.07 Å². The average molecular weight is 358 g/mol.